The van der Waals surface area contributed by atoms with Crippen LogP contribution in [0.1, 0.15) is 22.5 Å². The third-order valence-corrected chi connectivity index (χ3v) is 5.25. The highest BCUT2D eigenvalue weighted by atomic mass is 32.1. The summed E-state index contributed by atoms with van der Waals surface area (Å²) in [7, 11) is 0. The number of nitrogens with one attached hydrogen (secondary N) is 2. The minimum Gasteiger partial charge on any atom is -0.362 e. The van der Waals surface area contributed by atoms with Crippen LogP contribution in [0.15, 0.2) is 52.4 Å². The van der Waals surface area contributed by atoms with Gasteiger partial charge >= 0.3 is 0 Å². The fraction of sp³-hybridized carbons (Fsp3) is 0.211. The summed E-state index contributed by atoms with van der Waals surface area (Å²) in [6, 6.07) is 13.4. The molecule has 2 aromatic heterocycles. The Balaban J connectivity index is 1.33. The van der Waals surface area contributed by atoms with Gasteiger partial charge in [-0.3, -0.25) is 20.4 Å². The van der Waals surface area contributed by atoms with E-state index in [0.29, 0.717) is 5.76 Å². The minimum absolute atomic E-state index is 0.113. The van der Waals surface area contributed by atoms with Crippen LogP contribution >= 0.6 is 11.3 Å². The van der Waals surface area contributed by atoms with Gasteiger partial charge < -0.3 is 9.42 Å². The number of thiophene rings is 1. The summed E-state index contributed by atoms with van der Waals surface area (Å²) in [6.07, 6.45) is 2.02. The normalized spacial score (nSPS) is 13.1. The number of aryl methyl sites for hydroxylation is 1. The Morgan fingerprint density at radius 1 is 1.19 bits per heavy atom. The first kappa shape index (κ1) is 17.3. The Bertz CT molecular complexity index is 952. The number of para-hydroxylation sites is 1. The molecule has 0 saturated carbocycles. The van der Waals surface area contributed by atoms with Gasteiger partial charge in [0.2, 0.25) is 0 Å². The van der Waals surface area contributed by atoms with E-state index >= 15 is 0 Å². The zero-order valence-corrected chi connectivity index (χ0v) is 15.3. The molecule has 0 atom stereocenters. The maximum absolute atomic E-state index is 12.2. The average Bonchev–Trinajstić information content (AvgIpc) is 3.38. The fourth-order valence-electron chi connectivity index (χ4n) is 3.10. The van der Waals surface area contributed by atoms with Crippen molar-refractivity contribution in [3.63, 3.8) is 0 Å². The van der Waals surface area contributed by atoms with Crippen molar-refractivity contribution in [2.24, 2.45) is 0 Å². The number of benzene rings is 1. The summed E-state index contributed by atoms with van der Waals surface area (Å²) in [5.74, 6) is -0.289. The molecule has 7 nitrogen and oxygen atoms in total. The van der Waals surface area contributed by atoms with Gasteiger partial charge in [-0.2, -0.15) is 0 Å². The van der Waals surface area contributed by atoms with E-state index in [4.69, 9.17) is 4.52 Å². The number of hydrogen-bond donors (Lipinski definition) is 2. The monoisotopic (exact) mass is 382 g/mol. The molecule has 4 rings (SSSR count). The zero-order valence-electron chi connectivity index (χ0n) is 14.5. The predicted molar refractivity (Wildman–Crippen MR) is 102 cm³/mol. The van der Waals surface area contributed by atoms with Gasteiger partial charge in [0, 0.05) is 18.3 Å². The van der Waals surface area contributed by atoms with Gasteiger partial charge in [0.05, 0.1) is 11.4 Å². The first-order chi connectivity index (χ1) is 13.2. The quantitative estimate of drug-likeness (QED) is 0.678. The van der Waals surface area contributed by atoms with E-state index in [0.717, 1.165) is 30.0 Å². The lowest BCUT2D eigenvalue weighted by molar-refractivity contribution is -0.120. The summed E-state index contributed by atoms with van der Waals surface area (Å²) in [5.41, 5.74) is 7.26. The molecule has 0 spiro atoms. The highest BCUT2D eigenvalue weighted by Crippen LogP contribution is 2.26. The molecule has 0 saturated heterocycles. The van der Waals surface area contributed by atoms with Gasteiger partial charge in [0.1, 0.15) is 0 Å². The van der Waals surface area contributed by atoms with Crippen LogP contribution in [0, 0.1) is 0 Å². The molecule has 3 heterocycles. The van der Waals surface area contributed by atoms with Gasteiger partial charge in [-0.1, -0.05) is 29.4 Å². The Kier molecular flexibility index (Phi) is 4.88. The van der Waals surface area contributed by atoms with Crippen molar-refractivity contribution in [2.75, 3.05) is 18.0 Å². The third-order valence-electron chi connectivity index (χ3n) is 4.36. The second-order valence-electron chi connectivity index (χ2n) is 6.21. The molecule has 0 radical (unpaired) electrons. The van der Waals surface area contributed by atoms with Crippen LogP contribution in [-0.4, -0.2) is 30.1 Å². The van der Waals surface area contributed by atoms with Crippen molar-refractivity contribution < 1.29 is 14.1 Å². The number of anilines is 1. The van der Waals surface area contributed by atoms with E-state index in [1.54, 1.807) is 6.07 Å². The lowest BCUT2D eigenvalue weighted by Gasteiger charge is -2.30. The van der Waals surface area contributed by atoms with Crippen molar-refractivity contribution >= 4 is 28.8 Å². The lowest BCUT2D eigenvalue weighted by Crippen LogP contribution is -2.47. The maximum atomic E-state index is 12.2. The Labute approximate surface area is 159 Å². The number of carbonyl (C=O) groups excluding carboxylic acids is 2. The maximum Gasteiger partial charge on any atom is 0.291 e. The number of hydrogen-bond acceptors (Lipinski definition) is 6. The molecule has 0 aliphatic carbocycles. The summed E-state index contributed by atoms with van der Waals surface area (Å²) in [6.45, 7) is 0.988. The number of nitrogens with zero attached hydrogens (tertiary/aromatic N) is 2. The second-order valence-corrected chi connectivity index (χ2v) is 7.16. The van der Waals surface area contributed by atoms with Gasteiger partial charge in [-0.15, -0.1) is 11.3 Å². The largest absolute Gasteiger partial charge is 0.362 e. The van der Waals surface area contributed by atoms with E-state index < -0.39 is 5.91 Å². The van der Waals surface area contributed by atoms with Crippen molar-refractivity contribution in [1.82, 2.24) is 16.0 Å². The van der Waals surface area contributed by atoms with E-state index in [-0.39, 0.29) is 18.1 Å². The van der Waals surface area contributed by atoms with Crippen LogP contribution in [0.4, 0.5) is 5.69 Å². The summed E-state index contributed by atoms with van der Waals surface area (Å²) in [5, 5.41) is 5.67. The number of amides is 2. The smallest absolute Gasteiger partial charge is 0.291 e. The predicted octanol–water partition coefficient (Wildman–Crippen LogP) is 2.62. The van der Waals surface area contributed by atoms with Gasteiger partial charge in [0.15, 0.2) is 11.5 Å². The summed E-state index contributed by atoms with van der Waals surface area (Å²) < 4.78 is 5.18. The van der Waals surface area contributed by atoms with E-state index in [2.05, 4.69) is 22.1 Å². The van der Waals surface area contributed by atoms with Crippen molar-refractivity contribution in [3.8, 4) is 10.6 Å². The highest BCUT2D eigenvalue weighted by molar-refractivity contribution is 7.13. The first-order valence-corrected chi connectivity index (χ1v) is 9.51. The van der Waals surface area contributed by atoms with Gasteiger partial charge in [0.25, 0.3) is 11.8 Å². The molecule has 8 heteroatoms. The van der Waals surface area contributed by atoms with Crippen LogP contribution in [0.25, 0.3) is 10.6 Å². The van der Waals surface area contributed by atoms with Crippen LogP contribution < -0.4 is 15.8 Å². The van der Waals surface area contributed by atoms with E-state index in [1.165, 1.54) is 16.9 Å². The topological polar surface area (TPSA) is 87.5 Å². The number of rotatable bonds is 4. The average molecular weight is 382 g/mol. The Morgan fingerprint density at radius 2 is 2.07 bits per heavy atom. The van der Waals surface area contributed by atoms with Crippen molar-refractivity contribution in [2.45, 2.75) is 12.8 Å². The molecule has 27 heavy (non-hydrogen) atoms. The molecular formula is C19H18N4O3S. The highest BCUT2D eigenvalue weighted by Gasteiger charge is 2.19. The van der Waals surface area contributed by atoms with E-state index in [9.17, 15) is 9.59 Å². The molecule has 2 amide bonds. The summed E-state index contributed by atoms with van der Waals surface area (Å²) >= 11 is 1.49. The number of fused-ring (bicyclic) bond motifs is 1. The Hall–Kier alpha value is -3.13. The van der Waals surface area contributed by atoms with Crippen LogP contribution in [0.3, 0.4) is 0 Å². The minimum atomic E-state index is -0.519. The molecule has 1 aliphatic rings. The molecule has 138 valence electrons. The summed E-state index contributed by atoms with van der Waals surface area (Å²) in [4.78, 5) is 27.3. The van der Waals surface area contributed by atoms with Gasteiger partial charge in [-0.25, -0.2) is 0 Å². The standard InChI is InChI=1S/C19H18N4O3S/c24-18(12-23-9-3-6-13-5-1-2-7-15(13)23)20-21-19(25)14-11-16(26-22-14)17-8-4-10-27-17/h1-2,4-5,7-8,10-11H,3,6,9,12H2,(H,20,24)(H,21,25). The molecule has 1 aromatic carbocycles. The van der Waals surface area contributed by atoms with Crippen LogP contribution in [-0.2, 0) is 11.2 Å². The number of carbonyl (C=O) groups is 2. The molecule has 3 aromatic rings. The first-order valence-electron chi connectivity index (χ1n) is 8.63. The van der Waals surface area contributed by atoms with Crippen LogP contribution in [0.2, 0.25) is 0 Å². The van der Waals surface area contributed by atoms with Crippen molar-refractivity contribution in [1.29, 1.82) is 0 Å². The van der Waals surface area contributed by atoms with Crippen molar-refractivity contribution in [3.05, 3.63) is 59.1 Å². The molecule has 1 aliphatic heterocycles. The molecule has 2 N–H and O–H groups in total. The number of aromatic nitrogens is 1. The molecule has 0 fully saturated rings. The second kappa shape index (κ2) is 7.63. The zero-order chi connectivity index (χ0) is 18.6. The van der Waals surface area contributed by atoms with Crippen LogP contribution in [0.5, 0.6) is 0 Å². The lowest BCUT2D eigenvalue weighted by atomic mass is 10.0. The van der Waals surface area contributed by atoms with Gasteiger partial charge in [-0.05, 0) is 35.9 Å². The fourth-order valence-corrected chi connectivity index (χ4v) is 3.77. The third kappa shape index (κ3) is 3.85. The molecule has 0 bridgehead atoms. The Morgan fingerprint density at radius 3 is 2.93 bits per heavy atom. The SMILES string of the molecule is O=C(CN1CCCc2ccccc21)NNC(=O)c1cc(-c2cccs2)on1. The van der Waals surface area contributed by atoms with E-state index in [1.807, 2.05) is 40.6 Å². The molecular weight excluding hydrogens is 364 g/mol. The molecule has 0 unspecified atom stereocenters. The number of hydrazine groups is 1.